The molecule has 0 bridgehead atoms. The molecule has 1 saturated heterocycles. The molecule has 0 spiro atoms. The number of aryl methyl sites for hydroxylation is 2. The van der Waals surface area contributed by atoms with Gasteiger partial charge >= 0.3 is 0 Å². The zero-order valence-corrected chi connectivity index (χ0v) is 16.2. The van der Waals surface area contributed by atoms with Gasteiger partial charge in [0.05, 0.1) is 35.3 Å². The molecule has 146 valence electrons. The number of hydrogen-bond donors (Lipinski definition) is 1. The number of hydrogen-bond acceptors (Lipinski definition) is 4. The van der Waals surface area contributed by atoms with Crippen molar-refractivity contribution < 1.29 is 4.79 Å². The number of carbonyl (C=O) groups excluding carboxylic acids is 1. The van der Waals surface area contributed by atoms with Crippen molar-refractivity contribution in [3.8, 4) is 5.69 Å². The minimum Gasteiger partial charge on any atom is -0.335 e. The largest absolute Gasteiger partial charge is 0.335 e. The summed E-state index contributed by atoms with van der Waals surface area (Å²) in [5, 5.41) is 7.98. The third-order valence-electron chi connectivity index (χ3n) is 5.70. The van der Waals surface area contributed by atoms with E-state index in [-0.39, 0.29) is 17.5 Å². The van der Waals surface area contributed by atoms with Crippen molar-refractivity contribution >= 4 is 27.8 Å². The average molecular weight is 388 g/mol. The van der Waals surface area contributed by atoms with E-state index in [0.29, 0.717) is 18.6 Å². The number of nitrogens with one attached hydrogen (secondary N) is 1. The highest BCUT2D eigenvalue weighted by Crippen LogP contribution is 2.28. The minimum atomic E-state index is -0.158. The number of imidazole rings is 1. The van der Waals surface area contributed by atoms with Gasteiger partial charge in [0.1, 0.15) is 0 Å². The van der Waals surface area contributed by atoms with E-state index in [0.717, 1.165) is 33.4 Å². The topological polar surface area (TPSA) is 88.8 Å². The second-order valence-corrected chi connectivity index (χ2v) is 7.48. The summed E-state index contributed by atoms with van der Waals surface area (Å²) < 4.78 is 3.70. The molecule has 1 aliphatic heterocycles. The molecular weight excluding hydrogens is 368 g/mol. The third-order valence-corrected chi connectivity index (χ3v) is 5.70. The van der Waals surface area contributed by atoms with Gasteiger partial charge in [0.25, 0.3) is 5.56 Å². The Labute approximate surface area is 166 Å². The lowest BCUT2D eigenvalue weighted by Crippen LogP contribution is -2.50. The maximum atomic E-state index is 13.4. The van der Waals surface area contributed by atoms with E-state index in [2.05, 4.69) is 21.8 Å². The Kier molecular flexibility index (Phi) is 3.70. The first-order chi connectivity index (χ1) is 14.0. The first kappa shape index (κ1) is 17.4. The van der Waals surface area contributed by atoms with Crippen LogP contribution in [0.15, 0.2) is 48.2 Å². The first-order valence-electron chi connectivity index (χ1n) is 9.43. The number of amides is 1. The standard InChI is InChI=1S/C21H20N6O2/c1-4-18(28)25-9-14(10-25)26-11-22-19-17(26)7-13(3)27(21(19)29)20-12(2)5-6-16-15(20)8-23-24-16/h4-8,11,14H,1,9-10H2,2-3H3,(H,23,24). The molecule has 5 rings (SSSR count). The van der Waals surface area contributed by atoms with Crippen molar-refractivity contribution in [1.29, 1.82) is 0 Å². The lowest BCUT2D eigenvalue weighted by Gasteiger charge is -2.39. The van der Waals surface area contributed by atoms with Crippen LogP contribution in [-0.2, 0) is 4.79 Å². The van der Waals surface area contributed by atoms with E-state index < -0.39 is 0 Å². The predicted molar refractivity (Wildman–Crippen MR) is 110 cm³/mol. The van der Waals surface area contributed by atoms with Gasteiger partial charge in [0, 0.05) is 24.2 Å². The molecule has 4 aromatic rings. The van der Waals surface area contributed by atoms with Gasteiger partial charge < -0.3 is 9.47 Å². The highest BCUT2D eigenvalue weighted by molar-refractivity contribution is 5.89. The molecular formula is C21H20N6O2. The second-order valence-electron chi connectivity index (χ2n) is 7.48. The van der Waals surface area contributed by atoms with Gasteiger partial charge in [-0.15, -0.1) is 0 Å². The number of pyridine rings is 1. The Morgan fingerprint density at radius 1 is 1.31 bits per heavy atom. The lowest BCUT2D eigenvalue weighted by molar-refractivity contribution is -0.131. The summed E-state index contributed by atoms with van der Waals surface area (Å²) in [6.45, 7) is 8.61. The molecule has 4 heterocycles. The first-order valence-corrected chi connectivity index (χ1v) is 9.43. The summed E-state index contributed by atoms with van der Waals surface area (Å²) in [4.78, 5) is 31.3. The fourth-order valence-electron chi connectivity index (χ4n) is 4.12. The van der Waals surface area contributed by atoms with Crippen LogP contribution in [-0.4, -0.2) is 48.2 Å². The van der Waals surface area contributed by atoms with Crippen molar-refractivity contribution in [2.24, 2.45) is 0 Å². The molecule has 1 amide bonds. The van der Waals surface area contributed by atoms with Crippen molar-refractivity contribution in [2.75, 3.05) is 13.1 Å². The van der Waals surface area contributed by atoms with Crippen LogP contribution >= 0.6 is 0 Å². The Hall–Kier alpha value is -3.68. The van der Waals surface area contributed by atoms with Crippen molar-refractivity contribution in [3.63, 3.8) is 0 Å². The molecule has 0 unspecified atom stereocenters. The summed E-state index contributed by atoms with van der Waals surface area (Å²) in [6.07, 6.45) is 4.76. The Balaban J connectivity index is 1.64. The van der Waals surface area contributed by atoms with Crippen LogP contribution in [0.5, 0.6) is 0 Å². The molecule has 8 heteroatoms. The smallest absolute Gasteiger partial charge is 0.283 e. The summed E-state index contributed by atoms with van der Waals surface area (Å²) in [6, 6.07) is 6.03. The molecule has 1 aromatic carbocycles. The Morgan fingerprint density at radius 3 is 2.86 bits per heavy atom. The normalized spacial score (nSPS) is 14.5. The highest BCUT2D eigenvalue weighted by Gasteiger charge is 2.32. The quantitative estimate of drug-likeness (QED) is 0.545. The van der Waals surface area contributed by atoms with E-state index in [1.807, 2.05) is 36.6 Å². The Bertz CT molecular complexity index is 1350. The summed E-state index contributed by atoms with van der Waals surface area (Å²) in [5.74, 6) is -0.0760. The fourth-order valence-corrected chi connectivity index (χ4v) is 4.12. The minimum absolute atomic E-state index is 0.0760. The van der Waals surface area contributed by atoms with Gasteiger partial charge in [-0.1, -0.05) is 12.6 Å². The number of benzene rings is 1. The van der Waals surface area contributed by atoms with Crippen LogP contribution in [0.2, 0.25) is 0 Å². The molecule has 0 saturated carbocycles. The number of likely N-dealkylation sites (tertiary alicyclic amines) is 1. The highest BCUT2D eigenvalue weighted by atomic mass is 16.2. The molecule has 1 fully saturated rings. The van der Waals surface area contributed by atoms with Gasteiger partial charge in [-0.25, -0.2) is 4.98 Å². The monoisotopic (exact) mass is 388 g/mol. The molecule has 0 aliphatic carbocycles. The third kappa shape index (κ3) is 2.45. The summed E-state index contributed by atoms with van der Waals surface area (Å²) >= 11 is 0. The van der Waals surface area contributed by atoms with Crippen LogP contribution in [0.3, 0.4) is 0 Å². The molecule has 0 radical (unpaired) electrons. The molecule has 29 heavy (non-hydrogen) atoms. The van der Waals surface area contributed by atoms with Crippen LogP contribution in [0.1, 0.15) is 17.3 Å². The SMILES string of the molecule is C=CC(=O)N1CC(n2cnc3c(=O)n(-c4c(C)ccc5[nH]ncc45)c(C)cc32)C1. The van der Waals surface area contributed by atoms with Gasteiger partial charge in [-0.3, -0.25) is 19.3 Å². The van der Waals surface area contributed by atoms with Crippen molar-refractivity contribution in [3.05, 3.63) is 65.0 Å². The van der Waals surface area contributed by atoms with E-state index >= 15 is 0 Å². The number of aromatic nitrogens is 5. The van der Waals surface area contributed by atoms with Crippen molar-refractivity contribution in [2.45, 2.75) is 19.9 Å². The van der Waals surface area contributed by atoms with E-state index in [1.54, 1.807) is 22.0 Å². The lowest BCUT2D eigenvalue weighted by atomic mass is 10.1. The second kappa shape index (κ2) is 6.16. The predicted octanol–water partition coefficient (Wildman–Crippen LogP) is 2.25. The fraction of sp³-hybridized carbons (Fsp3) is 0.238. The van der Waals surface area contributed by atoms with Crippen molar-refractivity contribution in [1.82, 2.24) is 29.2 Å². The Morgan fingerprint density at radius 2 is 2.10 bits per heavy atom. The maximum absolute atomic E-state index is 13.4. The molecule has 3 aromatic heterocycles. The molecule has 1 N–H and O–H groups in total. The molecule has 0 atom stereocenters. The van der Waals surface area contributed by atoms with E-state index in [1.165, 1.54) is 6.08 Å². The number of H-pyrrole nitrogens is 1. The average Bonchev–Trinajstić information content (AvgIpc) is 3.29. The van der Waals surface area contributed by atoms with Gasteiger partial charge in [-0.2, -0.15) is 5.10 Å². The number of aromatic amines is 1. The van der Waals surface area contributed by atoms with Crippen LogP contribution in [0, 0.1) is 13.8 Å². The number of carbonyl (C=O) groups is 1. The summed E-state index contributed by atoms with van der Waals surface area (Å²) in [5.41, 5.74) is 4.56. The molecule has 1 aliphatic rings. The zero-order valence-electron chi connectivity index (χ0n) is 16.2. The zero-order chi connectivity index (χ0) is 20.3. The van der Waals surface area contributed by atoms with Crippen LogP contribution in [0.4, 0.5) is 0 Å². The van der Waals surface area contributed by atoms with E-state index in [9.17, 15) is 9.59 Å². The number of nitrogens with zero attached hydrogens (tertiary/aromatic N) is 5. The van der Waals surface area contributed by atoms with Gasteiger partial charge in [-0.05, 0) is 37.6 Å². The van der Waals surface area contributed by atoms with Crippen LogP contribution in [0.25, 0.3) is 27.6 Å². The molecule has 8 nitrogen and oxygen atoms in total. The summed E-state index contributed by atoms with van der Waals surface area (Å²) in [7, 11) is 0. The maximum Gasteiger partial charge on any atom is 0.283 e. The number of rotatable bonds is 3. The van der Waals surface area contributed by atoms with Crippen LogP contribution < -0.4 is 5.56 Å². The van der Waals surface area contributed by atoms with Gasteiger partial charge in [0.15, 0.2) is 5.52 Å². The number of fused-ring (bicyclic) bond motifs is 2. The van der Waals surface area contributed by atoms with Gasteiger partial charge in [0.2, 0.25) is 5.91 Å². The van der Waals surface area contributed by atoms with E-state index in [4.69, 9.17) is 0 Å².